The van der Waals surface area contributed by atoms with Crippen LogP contribution in [0.1, 0.15) is 49.3 Å². The molecule has 0 spiro atoms. The van der Waals surface area contributed by atoms with Crippen molar-refractivity contribution in [1.29, 1.82) is 5.26 Å². The topological polar surface area (TPSA) is 112 Å². The summed E-state index contributed by atoms with van der Waals surface area (Å²) in [5, 5.41) is 18.5. The smallest absolute Gasteiger partial charge is 0.341 e. The van der Waals surface area contributed by atoms with E-state index < -0.39 is 46.8 Å². The summed E-state index contributed by atoms with van der Waals surface area (Å²) >= 11 is 6.33. The molecule has 3 aromatic carbocycles. The third-order valence-corrected chi connectivity index (χ3v) is 7.10. The van der Waals surface area contributed by atoms with Gasteiger partial charge in [0.2, 0.25) is 0 Å². The number of aromatic nitrogens is 3. The normalized spacial score (nSPS) is 14.3. The van der Waals surface area contributed by atoms with E-state index in [1.807, 2.05) is 6.07 Å². The number of nitrogens with one attached hydrogen (secondary N) is 2. The Kier molecular flexibility index (Phi) is 6.58. The van der Waals surface area contributed by atoms with Crippen LogP contribution in [-0.4, -0.2) is 26.4 Å². The van der Waals surface area contributed by atoms with Crippen LogP contribution in [-0.2, 0) is 6.18 Å². The molecule has 0 saturated carbocycles. The Bertz CT molecular complexity index is 2030. The van der Waals surface area contributed by atoms with Gasteiger partial charge in [0.15, 0.2) is 5.65 Å². The van der Waals surface area contributed by atoms with Gasteiger partial charge < -0.3 is 10.6 Å². The zero-order valence-corrected chi connectivity index (χ0v) is 22.1. The average molecular weight is 609 g/mol. The van der Waals surface area contributed by atoms with Crippen molar-refractivity contribution in [2.75, 3.05) is 5.32 Å². The number of hydrogen-bond donors (Lipinski definition) is 2. The van der Waals surface area contributed by atoms with Gasteiger partial charge in [-0.1, -0.05) is 11.6 Å². The molecular weight excluding hydrogens is 595 g/mol. The molecule has 6 rings (SSSR count). The molecule has 1 atom stereocenters. The molecule has 0 bridgehead atoms. The van der Waals surface area contributed by atoms with Crippen LogP contribution in [0.5, 0.6) is 0 Å². The first-order chi connectivity index (χ1) is 20.4. The standard InChI is InChI=1S/C29H14ClF5N6O2/c30-21-3-2-17(31)10-19(21)26-25-20(28(43)39-26)7-14(13-1-4-24-38-23(11-36)40-41(24)12-13)8-22(25)37-27(42)15-5-16(29(33,34)35)9-18(32)6-15/h1-10,12,26H,(H,37,42)(H,39,43). The molecule has 2 N–H and O–H groups in total. The molecule has 1 aliphatic heterocycles. The number of pyridine rings is 1. The fraction of sp³-hybridized carbons (Fsp3) is 0.0690. The van der Waals surface area contributed by atoms with Crippen molar-refractivity contribution in [2.24, 2.45) is 0 Å². The number of anilines is 1. The Hall–Kier alpha value is -5.35. The Morgan fingerprint density at radius 1 is 1.02 bits per heavy atom. The summed E-state index contributed by atoms with van der Waals surface area (Å²) in [5.41, 5.74) is -0.453. The van der Waals surface area contributed by atoms with E-state index in [-0.39, 0.29) is 39.3 Å². The first-order valence-electron chi connectivity index (χ1n) is 12.3. The number of hydrogen-bond acceptors (Lipinski definition) is 5. The molecule has 0 saturated heterocycles. The van der Waals surface area contributed by atoms with Crippen LogP contribution < -0.4 is 10.6 Å². The summed E-state index contributed by atoms with van der Waals surface area (Å²) in [6, 6.07) is 11.8. The summed E-state index contributed by atoms with van der Waals surface area (Å²) in [6.07, 6.45) is -3.40. The van der Waals surface area contributed by atoms with Gasteiger partial charge in [-0.25, -0.2) is 13.3 Å². The van der Waals surface area contributed by atoms with Crippen molar-refractivity contribution < 1.29 is 31.5 Å². The quantitative estimate of drug-likeness (QED) is 0.233. The maximum atomic E-state index is 14.2. The van der Waals surface area contributed by atoms with E-state index in [2.05, 4.69) is 20.7 Å². The minimum atomic E-state index is -4.92. The second-order valence-corrected chi connectivity index (χ2v) is 9.91. The van der Waals surface area contributed by atoms with Crippen molar-refractivity contribution >= 4 is 34.7 Å². The minimum absolute atomic E-state index is 0.0320. The zero-order valence-electron chi connectivity index (χ0n) is 21.3. The van der Waals surface area contributed by atoms with Crippen molar-refractivity contribution in [2.45, 2.75) is 12.2 Å². The molecule has 0 aliphatic carbocycles. The first-order valence-corrected chi connectivity index (χ1v) is 12.7. The van der Waals surface area contributed by atoms with E-state index in [4.69, 9.17) is 16.9 Å². The summed E-state index contributed by atoms with van der Waals surface area (Å²) in [6.45, 7) is 0. The van der Waals surface area contributed by atoms with Gasteiger partial charge in [-0.15, -0.1) is 5.10 Å². The number of amides is 2. The van der Waals surface area contributed by atoms with E-state index >= 15 is 0 Å². The molecule has 43 heavy (non-hydrogen) atoms. The molecular formula is C29H14ClF5N6O2. The van der Waals surface area contributed by atoms with E-state index in [1.54, 1.807) is 12.1 Å². The van der Waals surface area contributed by atoms with Gasteiger partial charge in [0.25, 0.3) is 17.6 Å². The van der Waals surface area contributed by atoms with Gasteiger partial charge in [-0.05, 0) is 66.2 Å². The molecule has 0 radical (unpaired) electrons. The predicted octanol–water partition coefficient (Wildman–Crippen LogP) is 6.30. The lowest BCUT2D eigenvalue weighted by Gasteiger charge is -2.19. The van der Waals surface area contributed by atoms with Gasteiger partial charge in [0.05, 0.1) is 11.6 Å². The van der Waals surface area contributed by atoms with Gasteiger partial charge >= 0.3 is 6.18 Å². The molecule has 14 heteroatoms. The number of nitriles is 1. The summed E-state index contributed by atoms with van der Waals surface area (Å²) < 4.78 is 69.7. The SMILES string of the molecule is N#Cc1nc2ccc(-c3cc(NC(=O)c4cc(F)cc(C(F)(F)F)c4)c4c(c3)C(=O)NC4c3cc(F)ccc3Cl)cn2n1. The highest BCUT2D eigenvalue weighted by Gasteiger charge is 2.36. The van der Waals surface area contributed by atoms with E-state index in [0.29, 0.717) is 28.9 Å². The van der Waals surface area contributed by atoms with E-state index in [1.165, 1.54) is 28.9 Å². The van der Waals surface area contributed by atoms with Crippen LogP contribution in [0.2, 0.25) is 5.02 Å². The fourth-order valence-electron chi connectivity index (χ4n) is 4.85. The fourth-order valence-corrected chi connectivity index (χ4v) is 5.08. The molecule has 8 nitrogen and oxygen atoms in total. The number of benzene rings is 3. The number of nitrogens with zero attached hydrogens (tertiary/aromatic N) is 4. The number of carbonyl (C=O) groups excluding carboxylic acids is 2. The third-order valence-electron chi connectivity index (χ3n) is 6.76. The number of alkyl halides is 3. The minimum Gasteiger partial charge on any atom is -0.341 e. The van der Waals surface area contributed by atoms with Crippen LogP contribution in [0.25, 0.3) is 16.8 Å². The highest BCUT2D eigenvalue weighted by molar-refractivity contribution is 6.31. The molecule has 1 aliphatic rings. The molecule has 1 unspecified atom stereocenters. The molecule has 0 fully saturated rings. The van der Waals surface area contributed by atoms with Gasteiger partial charge in [-0.3, -0.25) is 9.59 Å². The molecule has 2 amide bonds. The Labute approximate surface area is 243 Å². The van der Waals surface area contributed by atoms with E-state index in [9.17, 15) is 31.5 Å². The van der Waals surface area contributed by atoms with E-state index in [0.717, 1.165) is 12.1 Å². The second kappa shape index (κ2) is 10.2. The van der Waals surface area contributed by atoms with Gasteiger partial charge in [0.1, 0.15) is 17.7 Å². The van der Waals surface area contributed by atoms with Crippen LogP contribution in [0, 0.1) is 23.0 Å². The van der Waals surface area contributed by atoms with Crippen LogP contribution in [0.3, 0.4) is 0 Å². The molecule has 214 valence electrons. The van der Waals surface area contributed by atoms with Crippen LogP contribution >= 0.6 is 11.6 Å². The monoisotopic (exact) mass is 608 g/mol. The molecule has 5 aromatic rings. The van der Waals surface area contributed by atoms with Gasteiger partial charge in [-0.2, -0.15) is 23.4 Å². The summed E-state index contributed by atoms with van der Waals surface area (Å²) in [4.78, 5) is 30.5. The summed E-state index contributed by atoms with van der Waals surface area (Å²) in [5.74, 6) is -3.71. The van der Waals surface area contributed by atoms with Crippen LogP contribution in [0.15, 0.2) is 66.9 Å². The number of fused-ring (bicyclic) bond motifs is 2. The van der Waals surface area contributed by atoms with Gasteiger partial charge in [0, 0.05) is 44.7 Å². The van der Waals surface area contributed by atoms with Crippen molar-refractivity contribution in [3.8, 4) is 17.2 Å². The van der Waals surface area contributed by atoms with Crippen LogP contribution in [0.4, 0.5) is 27.6 Å². The molecule has 3 heterocycles. The van der Waals surface area contributed by atoms with Crippen molar-refractivity contribution in [3.05, 3.63) is 117 Å². The maximum Gasteiger partial charge on any atom is 0.416 e. The average Bonchev–Trinajstić information content (AvgIpc) is 3.53. The zero-order chi connectivity index (χ0) is 30.6. The maximum absolute atomic E-state index is 14.2. The first kappa shape index (κ1) is 27.8. The van der Waals surface area contributed by atoms with Crippen molar-refractivity contribution in [1.82, 2.24) is 19.9 Å². The largest absolute Gasteiger partial charge is 0.416 e. The lowest BCUT2D eigenvalue weighted by molar-refractivity contribution is -0.137. The number of halogens is 6. The predicted molar refractivity (Wildman–Crippen MR) is 143 cm³/mol. The third kappa shape index (κ3) is 5.13. The number of carbonyl (C=O) groups is 2. The Morgan fingerprint density at radius 3 is 2.56 bits per heavy atom. The lowest BCUT2D eigenvalue weighted by atomic mass is 9.93. The van der Waals surface area contributed by atoms with Crippen molar-refractivity contribution in [3.63, 3.8) is 0 Å². The summed E-state index contributed by atoms with van der Waals surface area (Å²) in [7, 11) is 0. The molecule has 2 aromatic heterocycles. The second-order valence-electron chi connectivity index (χ2n) is 9.51. The highest BCUT2D eigenvalue weighted by atomic mass is 35.5. The number of rotatable bonds is 4. The Balaban J connectivity index is 1.51. The highest BCUT2D eigenvalue weighted by Crippen LogP contribution is 2.42. The Morgan fingerprint density at radius 2 is 1.81 bits per heavy atom. The lowest BCUT2D eigenvalue weighted by Crippen LogP contribution is -2.21.